The number of hydrogen-bond acceptors (Lipinski definition) is 3. The van der Waals surface area contributed by atoms with Gasteiger partial charge in [-0.3, -0.25) is 0 Å². The molecule has 0 N–H and O–H groups in total. The molecule has 74 valence electrons. The lowest BCUT2D eigenvalue weighted by molar-refractivity contribution is 0.790. The molecule has 0 amide bonds. The number of pyridine rings is 1. The summed E-state index contributed by atoms with van der Waals surface area (Å²) in [5.74, 6) is 0. The SMILES string of the molecule is CCCN(CC)c1ccnc(C#N)c1. The number of hydrogen-bond donors (Lipinski definition) is 0. The highest BCUT2D eigenvalue weighted by molar-refractivity contribution is 5.48. The molecule has 1 heterocycles. The fourth-order valence-electron chi connectivity index (χ4n) is 1.42. The molecular formula is C11H15N3. The normalized spacial score (nSPS) is 9.50. The molecule has 0 aliphatic carbocycles. The Balaban J connectivity index is 2.87. The Morgan fingerprint density at radius 2 is 2.29 bits per heavy atom. The number of nitriles is 1. The topological polar surface area (TPSA) is 39.9 Å². The second-order valence-electron chi connectivity index (χ2n) is 3.09. The fourth-order valence-corrected chi connectivity index (χ4v) is 1.42. The van der Waals surface area contributed by atoms with Crippen LogP contribution in [0, 0.1) is 11.3 Å². The molecule has 14 heavy (non-hydrogen) atoms. The second-order valence-corrected chi connectivity index (χ2v) is 3.09. The van der Waals surface area contributed by atoms with E-state index in [1.54, 1.807) is 6.20 Å². The molecule has 0 radical (unpaired) electrons. The average Bonchev–Trinajstić information content (AvgIpc) is 2.26. The van der Waals surface area contributed by atoms with Gasteiger partial charge in [0.25, 0.3) is 0 Å². The van der Waals surface area contributed by atoms with E-state index in [1.165, 1.54) is 0 Å². The average molecular weight is 189 g/mol. The van der Waals surface area contributed by atoms with Crippen LogP contribution in [0.25, 0.3) is 0 Å². The Morgan fingerprint density at radius 3 is 2.86 bits per heavy atom. The molecule has 0 bridgehead atoms. The third kappa shape index (κ3) is 2.46. The summed E-state index contributed by atoms with van der Waals surface area (Å²) in [5, 5.41) is 8.72. The Morgan fingerprint density at radius 1 is 1.50 bits per heavy atom. The molecule has 0 saturated heterocycles. The van der Waals surface area contributed by atoms with Gasteiger partial charge in [-0.05, 0) is 25.5 Å². The summed E-state index contributed by atoms with van der Waals surface area (Å²) in [6.07, 6.45) is 2.80. The van der Waals surface area contributed by atoms with Crippen LogP contribution in [0.15, 0.2) is 18.3 Å². The van der Waals surface area contributed by atoms with Gasteiger partial charge in [-0.2, -0.15) is 5.26 Å². The van der Waals surface area contributed by atoms with Crippen LogP contribution < -0.4 is 4.90 Å². The van der Waals surface area contributed by atoms with E-state index in [4.69, 9.17) is 5.26 Å². The molecule has 1 rings (SSSR count). The smallest absolute Gasteiger partial charge is 0.142 e. The van der Waals surface area contributed by atoms with Gasteiger partial charge in [0.1, 0.15) is 11.8 Å². The van der Waals surface area contributed by atoms with Crippen molar-refractivity contribution in [1.82, 2.24) is 4.98 Å². The summed E-state index contributed by atoms with van der Waals surface area (Å²) in [6.45, 7) is 6.24. The van der Waals surface area contributed by atoms with Crippen LogP contribution in [-0.2, 0) is 0 Å². The van der Waals surface area contributed by atoms with Crippen LogP contribution in [0.2, 0.25) is 0 Å². The van der Waals surface area contributed by atoms with Crippen molar-refractivity contribution < 1.29 is 0 Å². The van der Waals surface area contributed by atoms with Crippen molar-refractivity contribution in [3.63, 3.8) is 0 Å². The standard InChI is InChI=1S/C11H15N3/c1-3-7-14(4-2)11-5-6-13-10(8-11)9-12/h5-6,8H,3-4,7H2,1-2H3. The number of aromatic nitrogens is 1. The lowest BCUT2D eigenvalue weighted by Gasteiger charge is -2.22. The fraction of sp³-hybridized carbons (Fsp3) is 0.455. The lowest BCUT2D eigenvalue weighted by atomic mass is 10.3. The van der Waals surface area contributed by atoms with Crippen molar-refractivity contribution in [2.75, 3.05) is 18.0 Å². The summed E-state index contributed by atoms with van der Waals surface area (Å²) >= 11 is 0. The zero-order chi connectivity index (χ0) is 10.4. The van der Waals surface area contributed by atoms with Crippen molar-refractivity contribution >= 4 is 5.69 Å². The van der Waals surface area contributed by atoms with Gasteiger partial charge in [0.2, 0.25) is 0 Å². The molecule has 1 aromatic rings. The maximum atomic E-state index is 8.72. The summed E-state index contributed by atoms with van der Waals surface area (Å²) in [6, 6.07) is 5.83. The first-order chi connectivity index (χ1) is 6.81. The highest BCUT2D eigenvalue weighted by Crippen LogP contribution is 2.13. The van der Waals surface area contributed by atoms with Gasteiger partial charge in [0, 0.05) is 25.0 Å². The number of nitrogens with zero attached hydrogens (tertiary/aromatic N) is 3. The third-order valence-electron chi connectivity index (χ3n) is 2.10. The van der Waals surface area contributed by atoms with E-state index in [-0.39, 0.29) is 0 Å². The van der Waals surface area contributed by atoms with Gasteiger partial charge >= 0.3 is 0 Å². The third-order valence-corrected chi connectivity index (χ3v) is 2.10. The van der Waals surface area contributed by atoms with Crippen molar-refractivity contribution in [3.8, 4) is 6.07 Å². The van der Waals surface area contributed by atoms with E-state index in [0.29, 0.717) is 5.69 Å². The highest BCUT2D eigenvalue weighted by atomic mass is 15.1. The molecule has 3 nitrogen and oxygen atoms in total. The Labute approximate surface area is 85.0 Å². The quantitative estimate of drug-likeness (QED) is 0.729. The molecule has 0 unspecified atom stereocenters. The van der Waals surface area contributed by atoms with E-state index in [2.05, 4.69) is 29.8 Å². The first-order valence-corrected chi connectivity index (χ1v) is 4.93. The molecule has 0 atom stereocenters. The van der Waals surface area contributed by atoms with E-state index < -0.39 is 0 Å². The molecule has 0 saturated carbocycles. The molecule has 1 aromatic heterocycles. The predicted molar refractivity (Wildman–Crippen MR) is 57.1 cm³/mol. The van der Waals surface area contributed by atoms with E-state index in [9.17, 15) is 0 Å². The maximum Gasteiger partial charge on any atom is 0.142 e. The van der Waals surface area contributed by atoms with Crippen LogP contribution >= 0.6 is 0 Å². The molecular weight excluding hydrogens is 174 g/mol. The minimum Gasteiger partial charge on any atom is -0.372 e. The summed E-state index contributed by atoms with van der Waals surface area (Å²) in [5.41, 5.74) is 1.57. The monoisotopic (exact) mass is 189 g/mol. The number of anilines is 1. The van der Waals surface area contributed by atoms with Crippen molar-refractivity contribution in [1.29, 1.82) is 5.26 Å². The first-order valence-electron chi connectivity index (χ1n) is 4.93. The summed E-state index contributed by atoms with van der Waals surface area (Å²) in [7, 11) is 0. The van der Waals surface area contributed by atoms with E-state index >= 15 is 0 Å². The van der Waals surface area contributed by atoms with Crippen LogP contribution in [0.1, 0.15) is 26.0 Å². The maximum absolute atomic E-state index is 8.72. The molecule has 0 aliphatic heterocycles. The molecule has 0 spiro atoms. The van der Waals surface area contributed by atoms with E-state index in [0.717, 1.165) is 25.2 Å². The minimum absolute atomic E-state index is 0.483. The van der Waals surface area contributed by atoms with Gasteiger partial charge < -0.3 is 4.90 Å². The summed E-state index contributed by atoms with van der Waals surface area (Å²) < 4.78 is 0. The van der Waals surface area contributed by atoms with Gasteiger partial charge in [-0.15, -0.1) is 0 Å². The van der Waals surface area contributed by atoms with Crippen molar-refractivity contribution in [2.45, 2.75) is 20.3 Å². The van der Waals surface area contributed by atoms with Crippen LogP contribution in [0.4, 0.5) is 5.69 Å². The molecule has 0 aromatic carbocycles. The zero-order valence-electron chi connectivity index (χ0n) is 8.70. The molecule has 0 aliphatic rings. The molecule has 3 heteroatoms. The highest BCUT2D eigenvalue weighted by Gasteiger charge is 2.03. The predicted octanol–water partition coefficient (Wildman–Crippen LogP) is 2.19. The van der Waals surface area contributed by atoms with Gasteiger partial charge in [0.15, 0.2) is 0 Å². The van der Waals surface area contributed by atoms with Crippen molar-refractivity contribution in [3.05, 3.63) is 24.0 Å². The van der Waals surface area contributed by atoms with Gasteiger partial charge in [-0.25, -0.2) is 4.98 Å². The molecule has 0 fully saturated rings. The van der Waals surface area contributed by atoms with Crippen LogP contribution in [-0.4, -0.2) is 18.1 Å². The second kappa shape index (κ2) is 5.23. The van der Waals surface area contributed by atoms with E-state index in [1.807, 2.05) is 12.1 Å². The first kappa shape index (κ1) is 10.5. The van der Waals surface area contributed by atoms with Crippen LogP contribution in [0.3, 0.4) is 0 Å². The minimum atomic E-state index is 0.483. The Kier molecular flexibility index (Phi) is 3.93. The lowest BCUT2D eigenvalue weighted by Crippen LogP contribution is -2.23. The zero-order valence-corrected chi connectivity index (χ0v) is 8.70. The largest absolute Gasteiger partial charge is 0.372 e. The number of rotatable bonds is 4. The van der Waals surface area contributed by atoms with Crippen LogP contribution in [0.5, 0.6) is 0 Å². The summed E-state index contributed by atoms with van der Waals surface area (Å²) in [4.78, 5) is 6.19. The van der Waals surface area contributed by atoms with Crippen molar-refractivity contribution in [2.24, 2.45) is 0 Å². The Bertz CT molecular complexity index is 328. The van der Waals surface area contributed by atoms with Gasteiger partial charge in [-0.1, -0.05) is 6.92 Å². The Hall–Kier alpha value is -1.56. The van der Waals surface area contributed by atoms with Gasteiger partial charge in [0.05, 0.1) is 0 Å².